The van der Waals surface area contributed by atoms with Crippen molar-refractivity contribution in [1.29, 1.82) is 0 Å². The Kier molecular flexibility index (Phi) is 3.81. The highest BCUT2D eigenvalue weighted by atomic mass is 16.5. The minimum Gasteiger partial charge on any atom is -0.493 e. The van der Waals surface area contributed by atoms with Crippen LogP contribution in [0.25, 0.3) is 11.3 Å². The maximum Gasteiger partial charge on any atom is 0.161 e. The molecule has 0 amide bonds. The van der Waals surface area contributed by atoms with Gasteiger partial charge >= 0.3 is 0 Å². The van der Waals surface area contributed by atoms with Crippen LogP contribution in [-0.4, -0.2) is 24.3 Å². The predicted molar refractivity (Wildman–Crippen MR) is 74.7 cm³/mol. The van der Waals surface area contributed by atoms with Crippen LogP contribution in [-0.2, 0) is 6.61 Å². The summed E-state index contributed by atoms with van der Waals surface area (Å²) >= 11 is 0. The molecule has 19 heavy (non-hydrogen) atoms. The molecule has 0 saturated carbocycles. The second-order valence-corrected chi connectivity index (χ2v) is 4.51. The molecule has 0 fully saturated rings. The van der Waals surface area contributed by atoms with E-state index in [0.717, 1.165) is 33.8 Å². The van der Waals surface area contributed by atoms with E-state index in [9.17, 15) is 5.11 Å². The van der Waals surface area contributed by atoms with E-state index in [1.165, 1.54) is 0 Å². The number of aliphatic hydroxyl groups is 1. The number of rotatable bonds is 4. The van der Waals surface area contributed by atoms with Gasteiger partial charge in [-0.15, -0.1) is 0 Å². The first-order chi connectivity index (χ1) is 9.10. The minimum atomic E-state index is 0.0364. The Hall–Kier alpha value is -1.94. The van der Waals surface area contributed by atoms with Crippen molar-refractivity contribution in [2.45, 2.75) is 20.5 Å². The number of ether oxygens (including phenoxy) is 2. The van der Waals surface area contributed by atoms with Crippen molar-refractivity contribution in [3.8, 4) is 22.8 Å². The molecule has 2 rings (SSSR count). The zero-order chi connectivity index (χ0) is 14.0. The van der Waals surface area contributed by atoms with Gasteiger partial charge in [0.05, 0.1) is 20.8 Å². The molecule has 0 atom stereocenters. The zero-order valence-corrected chi connectivity index (χ0v) is 11.7. The van der Waals surface area contributed by atoms with Gasteiger partial charge in [0.1, 0.15) is 0 Å². The average molecular weight is 261 g/mol. The van der Waals surface area contributed by atoms with E-state index in [1.54, 1.807) is 14.2 Å². The van der Waals surface area contributed by atoms with Gasteiger partial charge in [-0.25, -0.2) is 0 Å². The summed E-state index contributed by atoms with van der Waals surface area (Å²) in [4.78, 5) is 3.29. The summed E-state index contributed by atoms with van der Waals surface area (Å²) in [5, 5.41) is 9.27. The van der Waals surface area contributed by atoms with Crippen molar-refractivity contribution in [2.24, 2.45) is 0 Å². The molecule has 0 spiro atoms. The van der Waals surface area contributed by atoms with Gasteiger partial charge in [0, 0.05) is 17.0 Å². The number of nitrogens with one attached hydrogen (secondary N) is 1. The summed E-state index contributed by atoms with van der Waals surface area (Å²) in [5.41, 5.74) is 4.99. The molecule has 102 valence electrons. The van der Waals surface area contributed by atoms with Crippen LogP contribution in [0.15, 0.2) is 18.2 Å². The van der Waals surface area contributed by atoms with Crippen molar-refractivity contribution in [1.82, 2.24) is 4.98 Å². The van der Waals surface area contributed by atoms with E-state index in [0.29, 0.717) is 5.75 Å². The number of benzene rings is 1. The number of aliphatic hydroxyl groups excluding tert-OH is 1. The van der Waals surface area contributed by atoms with Crippen LogP contribution >= 0.6 is 0 Å². The molecule has 1 aromatic heterocycles. The summed E-state index contributed by atoms with van der Waals surface area (Å²) in [6.07, 6.45) is 0. The zero-order valence-electron chi connectivity index (χ0n) is 11.7. The third kappa shape index (κ3) is 2.44. The minimum absolute atomic E-state index is 0.0364. The molecule has 0 unspecified atom stereocenters. The van der Waals surface area contributed by atoms with Gasteiger partial charge in [0.25, 0.3) is 0 Å². The molecule has 0 saturated heterocycles. The molecule has 4 heteroatoms. The Balaban J connectivity index is 2.54. The van der Waals surface area contributed by atoms with Crippen molar-refractivity contribution >= 4 is 0 Å². The smallest absolute Gasteiger partial charge is 0.161 e. The van der Waals surface area contributed by atoms with E-state index >= 15 is 0 Å². The Morgan fingerprint density at radius 2 is 1.68 bits per heavy atom. The molecule has 0 aliphatic rings. The molecule has 4 nitrogen and oxygen atoms in total. The van der Waals surface area contributed by atoms with Crippen LogP contribution in [0.3, 0.4) is 0 Å². The van der Waals surface area contributed by atoms with Crippen LogP contribution in [0, 0.1) is 13.8 Å². The Morgan fingerprint density at radius 3 is 2.21 bits per heavy atom. The fourth-order valence-corrected chi connectivity index (χ4v) is 2.18. The quantitative estimate of drug-likeness (QED) is 0.889. The SMILES string of the molecule is COc1cc(C)c(-c2cc(CO)c(C)[nH]2)cc1OC. The molecule has 1 aromatic carbocycles. The fraction of sp³-hybridized carbons (Fsp3) is 0.333. The van der Waals surface area contributed by atoms with Gasteiger partial charge in [0.2, 0.25) is 0 Å². The highest BCUT2D eigenvalue weighted by Gasteiger charge is 2.12. The fourth-order valence-electron chi connectivity index (χ4n) is 2.18. The van der Waals surface area contributed by atoms with Gasteiger partial charge in [-0.1, -0.05) is 0 Å². The van der Waals surface area contributed by atoms with Gasteiger partial charge in [-0.2, -0.15) is 0 Å². The summed E-state index contributed by atoms with van der Waals surface area (Å²) < 4.78 is 10.6. The molecular weight excluding hydrogens is 242 g/mol. The van der Waals surface area contributed by atoms with Crippen LogP contribution < -0.4 is 9.47 Å². The first-order valence-electron chi connectivity index (χ1n) is 6.13. The topological polar surface area (TPSA) is 54.5 Å². The molecule has 0 aliphatic heterocycles. The Labute approximate surface area is 113 Å². The molecule has 0 radical (unpaired) electrons. The van der Waals surface area contributed by atoms with Crippen LogP contribution in [0.1, 0.15) is 16.8 Å². The molecule has 0 aliphatic carbocycles. The van der Waals surface area contributed by atoms with Crippen LogP contribution in [0.2, 0.25) is 0 Å². The van der Waals surface area contributed by atoms with Gasteiger partial charge in [-0.05, 0) is 43.2 Å². The van der Waals surface area contributed by atoms with Gasteiger partial charge in [0.15, 0.2) is 11.5 Å². The predicted octanol–water partition coefficient (Wildman–Crippen LogP) is 2.81. The van der Waals surface area contributed by atoms with Crippen LogP contribution in [0.4, 0.5) is 0 Å². The average Bonchev–Trinajstić information content (AvgIpc) is 2.79. The number of H-pyrrole nitrogens is 1. The standard InChI is InChI=1S/C15H19NO3/c1-9-5-14(18-3)15(19-4)7-12(9)13-6-11(8-17)10(2)16-13/h5-7,16-17H,8H2,1-4H3. The first-order valence-corrected chi connectivity index (χ1v) is 6.13. The Morgan fingerprint density at radius 1 is 1.05 bits per heavy atom. The number of hydrogen-bond donors (Lipinski definition) is 2. The van der Waals surface area contributed by atoms with Gasteiger partial charge in [-0.3, -0.25) is 0 Å². The second kappa shape index (κ2) is 5.36. The molecular formula is C15H19NO3. The maximum absolute atomic E-state index is 9.27. The maximum atomic E-state index is 9.27. The van der Waals surface area contributed by atoms with Crippen LogP contribution in [0.5, 0.6) is 11.5 Å². The molecule has 1 heterocycles. The monoisotopic (exact) mass is 261 g/mol. The lowest BCUT2D eigenvalue weighted by atomic mass is 10.0. The highest BCUT2D eigenvalue weighted by molar-refractivity contribution is 5.69. The lowest BCUT2D eigenvalue weighted by Gasteiger charge is -2.12. The van der Waals surface area contributed by atoms with Crippen molar-refractivity contribution in [3.63, 3.8) is 0 Å². The van der Waals surface area contributed by atoms with E-state index in [1.807, 2.05) is 32.0 Å². The normalized spacial score (nSPS) is 10.6. The summed E-state index contributed by atoms with van der Waals surface area (Å²) in [7, 11) is 3.25. The van der Waals surface area contributed by atoms with Crippen molar-refractivity contribution in [2.75, 3.05) is 14.2 Å². The van der Waals surface area contributed by atoms with Gasteiger partial charge < -0.3 is 19.6 Å². The molecule has 2 N–H and O–H groups in total. The largest absolute Gasteiger partial charge is 0.493 e. The van der Waals surface area contributed by atoms with E-state index in [-0.39, 0.29) is 6.61 Å². The lowest BCUT2D eigenvalue weighted by Crippen LogP contribution is -1.93. The van der Waals surface area contributed by atoms with Crippen molar-refractivity contribution < 1.29 is 14.6 Å². The third-order valence-corrected chi connectivity index (χ3v) is 3.31. The van der Waals surface area contributed by atoms with E-state index in [4.69, 9.17) is 9.47 Å². The molecule has 0 bridgehead atoms. The lowest BCUT2D eigenvalue weighted by molar-refractivity contribution is 0.281. The summed E-state index contributed by atoms with van der Waals surface area (Å²) in [5.74, 6) is 1.41. The Bertz CT molecular complexity index is 587. The number of aromatic amines is 1. The third-order valence-electron chi connectivity index (χ3n) is 3.31. The summed E-state index contributed by atoms with van der Waals surface area (Å²) in [6, 6.07) is 5.85. The molecule has 2 aromatic rings. The number of hydrogen-bond acceptors (Lipinski definition) is 3. The highest BCUT2D eigenvalue weighted by Crippen LogP contribution is 2.35. The summed E-state index contributed by atoms with van der Waals surface area (Å²) in [6.45, 7) is 4.01. The van der Waals surface area contributed by atoms with E-state index in [2.05, 4.69) is 4.98 Å². The number of aryl methyl sites for hydroxylation is 2. The van der Waals surface area contributed by atoms with E-state index < -0.39 is 0 Å². The first kappa shape index (κ1) is 13.5. The second-order valence-electron chi connectivity index (χ2n) is 4.51. The number of aromatic nitrogens is 1. The number of methoxy groups -OCH3 is 2. The van der Waals surface area contributed by atoms with Crippen molar-refractivity contribution in [3.05, 3.63) is 35.0 Å².